The number of amides is 1. The summed E-state index contributed by atoms with van der Waals surface area (Å²) in [7, 11) is 0. The largest absolute Gasteiger partial charge is 0.459 e. The van der Waals surface area contributed by atoms with Crippen molar-refractivity contribution in [1.29, 1.82) is 0 Å². The molecule has 1 amide bonds. The first-order valence-corrected chi connectivity index (χ1v) is 12.2. The zero-order valence-corrected chi connectivity index (χ0v) is 20.7. The molecule has 0 fully saturated rings. The number of ether oxygens (including phenoxy) is 2. The molecule has 6 heteroatoms. The second kappa shape index (κ2) is 9.47. The number of hydrogen-bond acceptors (Lipinski definition) is 5. The van der Waals surface area contributed by atoms with E-state index in [4.69, 9.17) is 18.9 Å². The Kier molecular flexibility index (Phi) is 5.85. The number of pyridine rings is 1. The van der Waals surface area contributed by atoms with Gasteiger partial charge in [0, 0.05) is 24.0 Å². The van der Waals surface area contributed by atoms with E-state index in [0.29, 0.717) is 30.3 Å². The topological polar surface area (TPSA) is 64.8 Å². The van der Waals surface area contributed by atoms with Gasteiger partial charge in [0.05, 0.1) is 17.5 Å². The lowest BCUT2D eigenvalue weighted by molar-refractivity contribution is 0.0697. The quantitative estimate of drug-likeness (QED) is 0.266. The second-order valence-electron chi connectivity index (χ2n) is 9.39. The van der Waals surface area contributed by atoms with Gasteiger partial charge in [0.2, 0.25) is 6.79 Å². The number of aromatic nitrogens is 1. The standard InChI is InChI=1S/C31H26N2O4/c1-20-5-3-6-24(13-20)30-25(16-23-10-8-21(2)14-26(23)32-30)18-33(31(34)28-7-4-12-35-28)17-22-9-11-27-29(15-22)37-19-36-27/h3-16H,17-19H2,1-2H3. The minimum Gasteiger partial charge on any atom is -0.459 e. The van der Waals surface area contributed by atoms with Crippen molar-refractivity contribution >= 4 is 16.8 Å². The van der Waals surface area contributed by atoms with Crippen LogP contribution in [0.15, 0.2) is 89.5 Å². The molecule has 0 N–H and O–H groups in total. The molecule has 0 spiro atoms. The maximum Gasteiger partial charge on any atom is 0.290 e. The van der Waals surface area contributed by atoms with Crippen LogP contribution in [0.2, 0.25) is 0 Å². The first-order valence-electron chi connectivity index (χ1n) is 12.2. The molecule has 0 bridgehead atoms. The van der Waals surface area contributed by atoms with Crippen LogP contribution in [0.5, 0.6) is 11.5 Å². The maximum atomic E-state index is 13.6. The van der Waals surface area contributed by atoms with Crippen molar-refractivity contribution in [3.63, 3.8) is 0 Å². The van der Waals surface area contributed by atoms with Crippen LogP contribution < -0.4 is 9.47 Å². The molecule has 0 radical (unpaired) electrons. The fourth-order valence-corrected chi connectivity index (χ4v) is 4.70. The van der Waals surface area contributed by atoms with Crippen molar-refractivity contribution in [3.05, 3.63) is 113 Å². The number of rotatable bonds is 6. The van der Waals surface area contributed by atoms with Gasteiger partial charge in [-0.2, -0.15) is 0 Å². The first kappa shape index (κ1) is 22.9. The molecule has 6 nitrogen and oxygen atoms in total. The number of aryl methyl sites for hydroxylation is 2. The zero-order valence-electron chi connectivity index (χ0n) is 20.7. The molecule has 1 aliphatic rings. The summed E-state index contributed by atoms with van der Waals surface area (Å²) in [5.41, 5.74) is 7.02. The van der Waals surface area contributed by atoms with Gasteiger partial charge in [-0.1, -0.05) is 42.0 Å². The van der Waals surface area contributed by atoms with E-state index < -0.39 is 0 Å². The van der Waals surface area contributed by atoms with E-state index in [-0.39, 0.29) is 12.7 Å². The molecule has 0 saturated heterocycles. The third-order valence-corrected chi connectivity index (χ3v) is 6.53. The lowest BCUT2D eigenvalue weighted by Crippen LogP contribution is -2.30. The number of furan rings is 1. The van der Waals surface area contributed by atoms with Gasteiger partial charge in [0.1, 0.15) is 0 Å². The monoisotopic (exact) mass is 490 g/mol. The van der Waals surface area contributed by atoms with Crippen molar-refractivity contribution < 1.29 is 18.7 Å². The number of carbonyl (C=O) groups excluding carboxylic acids is 1. The second-order valence-corrected chi connectivity index (χ2v) is 9.39. The fraction of sp³-hybridized carbons (Fsp3) is 0.161. The molecule has 37 heavy (non-hydrogen) atoms. The Morgan fingerprint density at radius 1 is 0.865 bits per heavy atom. The summed E-state index contributed by atoms with van der Waals surface area (Å²) in [5.74, 6) is 1.50. The predicted octanol–water partition coefficient (Wildman–Crippen LogP) is 6.68. The van der Waals surface area contributed by atoms with Crippen LogP contribution in [0.25, 0.3) is 22.2 Å². The smallest absolute Gasteiger partial charge is 0.290 e. The van der Waals surface area contributed by atoms with Crippen LogP contribution in [0.4, 0.5) is 0 Å². The summed E-state index contributed by atoms with van der Waals surface area (Å²) in [5, 5.41) is 1.03. The van der Waals surface area contributed by atoms with Gasteiger partial charge < -0.3 is 18.8 Å². The van der Waals surface area contributed by atoms with Crippen molar-refractivity contribution in [1.82, 2.24) is 9.88 Å². The SMILES string of the molecule is Cc1cccc(-c2nc3cc(C)ccc3cc2CN(Cc2ccc3c(c2)OCO3)C(=O)c2ccco2)c1. The number of nitrogens with zero attached hydrogens (tertiary/aromatic N) is 2. The van der Waals surface area contributed by atoms with Crippen molar-refractivity contribution in [2.75, 3.05) is 6.79 Å². The summed E-state index contributed by atoms with van der Waals surface area (Å²) in [6.07, 6.45) is 1.52. The Morgan fingerprint density at radius 2 is 1.73 bits per heavy atom. The van der Waals surface area contributed by atoms with E-state index in [9.17, 15) is 4.79 Å². The third-order valence-electron chi connectivity index (χ3n) is 6.53. The Balaban J connectivity index is 1.44. The van der Waals surface area contributed by atoms with Crippen molar-refractivity contribution in [2.45, 2.75) is 26.9 Å². The Bertz CT molecular complexity index is 1610. The highest BCUT2D eigenvalue weighted by atomic mass is 16.7. The lowest BCUT2D eigenvalue weighted by atomic mass is 10.0. The van der Waals surface area contributed by atoms with Crippen LogP contribution in [0.1, 0.15) is 32.8 Å². The average Bonchev–Trinajstić information content (AvgIpc) is 3.60. The van der Waals surface area contributed by atoms with Crippen LogP contribution in [-0.4, -0.2) is 22.6 Å². The Hall–Kier alpha value is -4.58. The lowest BCUT2D eigenvalue weighted by Gasteiger charge is -2.24. The molecule has 6 rings (SSSR count). The molecule has 2 aromatic heterocycles. The normalized spacial score (nSPS) is 12.2. The first-order chi connectivity index (χ1) is 18.0. The molecule has 0 unspecified atom stereocenters. The summed E-state index contributed by atoms with van der Waals surface area (Å²) < 4.78 is 16.5. The molecule has 0 aliphatic carbocycles. The van der Waals surface area contributed by atoms with Gasteiger partial charge in [-0.15, -0.1) is 0 Å². The summed E-state index contributed by atoms with van der Waals surface area (Å²) in [6, 6.07) is 25.9. The predicted molar refractivity (Wildman–Crippen MR) is 142 cm³/mol. The summed E-state index contributed by atoms with van der Waals surface area (Å²) >= 11 is 0. The number of carbonyl (C=O) groups is 1. The molecule has 0 saturated carbocycles. The molecule has 1 aliphatic heterocycles. The highest BCUT2D eigenvalue weighted by molar-refractivity contribution is 5.92. The van der Waals surface area contributed by atoms with Gasteiger partial charge in [-0.05, 0) is 73.0 Å². The van der Waals surface area contributed by atoms with Gasteiger partial charge in [0.15, 0.2) is 17.3 Å². The van der Waals surface area contributed by atoms with Crippen LogP contribution >= 0.6 is 0 Å². The van der Waals surface area contributed by atoms with Gasteiger partial charge in [0.25, 0.3) is 5.91 Å². The molecule has 184 valence electrons. The fourth-order valence-electron chi connectivity index (χ4n) is 4.70. The number of fused-ring (bicyclic) bond motifs is 2. The van der Waals surface area contributed by atoms with Crippen LogP contribution in [0.3, 0.4) is 0 Å². The minimum atomic E-state index is -0.193. The highest BCUT2D eigenvalue weighted by Crippen LogP contribution is 2.34. The average molecular weight is 491 g/mol. The van der Waals surface area contributed by atoms with E-state index in [2.05, 4.69) is 56.3 Å². The highest BCUT2D eigenvalue weighted by Gasteiger charge is 2.23. The molecule has 3 aromatic carbocycles. The molecular formula is C31H26N2O4. The zero-order chi connectivity index (χ0) is 25.4. The number of hydrogen-bond donors (Lipinski definition) is 0. The minimum absolute atomic E-state index is 0.193. The van der Waals surface area contributed by atoms with E-state index in [1.54, 1.807) is 17.0 Å². The van der Waals surface area contributed by atoms with Gasteiger partial charge in [-0.3, -0.25) is 4.79 Å². The van der Waals surface area contributed by atoms with Crippen LogP contribution in [0, 0.1) is 13.8 Å². The van der Waals surface area contributed by atoms with E-state index in [1.165, 1.54) is 6.26 Å². The number of benzene rings is 3. The van der Waals surface area contributed by atoms with E-state index >= 15 is 0 Å². The third kappa shape index (κ3) is 4.66. The maximum absolute atomic E-state index is 13.6. The van der Waals surface area contributed by atoms with Gasteiger partial charge >= 0.3 is 0 Å². The Labute approximate surface area is 215 Å². The summed E-state index contributed by atoms with van der Waals surface area (Å²) in [6.45, 7) is 5.07. The van der Waals surface area contributed by atoms with Crippen LogP contribution in [-0.2, 0) is 13.1 Å². The van der Waals surface area contributed by atoms with Crippen molar-refractivity contribution in [2.24, 2.45) is 0 Å². The molecule has 5 aromatic rings. The molecule has 3 heterocycles. The summed E-state index contributed by atoms with van der Waals surface area (Å²) in [4.78, 5) is 20.5. The van der Waals surface area contributed by atoms with Gasteiger partial charge in [-0.25, -0.2) is 4.98 Å². The molecule has 0 atom stereocenters. The molecular weight excluding hydrogens is 464 g/mol. The van der Waals surface area contributed by atoms with E-state index in [1.807, 2.05) is 24.3 Å². The van der Waals surface area contributed by atoms with Crippen molar-refractivity contribution in [3.8, 4) is 22.8 Å². The van der Waals surface area contributed by atoms with E-state index in [0.717, 1.165) is 44.4 Å². The Morgan fingerprint density at radius 3 is 2.57 bits per heavy atom.